The first-order valence-corrected chi connectivity index (χ1v) is 8.60. The van der Waals surface area contributed by atoms with Crippen molar-refractivity contribution >= 4 is 11.6 Å². The maximum atomic E-state index is 13.7. The van der Waals surface area contributed by atoms with Crippen LogP contribution in [0.5, 0.6) is 0 Å². The number of allylic oxidation sites excluding steroid dienone is 2. The molecule has 2 nitrogen and oxygen atoms in total. The van der Waals surface area contributed by atoms with Crippen molar-refractivity contribution in [2.24, 2.45) is 29.1 Å². The third-order valence-corrected chi connectivity index (χ3v) is 6.98. The molecule has 22 heavy (non-hydrogen) atoms. The van der Waals surface area contributed by atoms with E-state index < -0.39 is 0 Å². The lowest BCUT2D eigenvalue weighted by Crippen LogP contribution is -2.47. The molecule has 0 spiro atoms. The van der Waals surface area contributed by atoms with E-state index in [1.165, 1.54) is 5.57 Å². The van der Waals surface area contributed by atoms with Crippen LogP contribution in [-0.2, 0) is 9.59 Å². The number of halogens is 1. The number of carbonyl (C=O) groups is 2. The summed E-state index contributed by atoms with van der Waals surface area (Å²) in [5, 5.41) is 0. The lowest BCUT2D eigenvalue weighted by molar-refractivity contribution is -0.129. The Balaban J connectivity index is 1.75. The van der Waals surface area contributed by atoms with E-state index in [2.05, 4.69) is 6.92 Å². The molecule has 0 aliphatic heterocycles. The first kappa shape index (κ1) is 14.3. The van der Waals surface area contributed by atoms with Crippen LogP contribution >= 0.6 is 0 Å². The molecule has 118 valence electrons. The van der Waals surface area contributed by atoms with E-state index in [1.807, 2.05) is 6.08 Å². The topological polar surface area (TPSA) is 34.1 Å². The summed E-state index contributed by atoms with van der Waals surface area (Å²) >= 11 is 0. The van der Waals surface area contributed by atoms with Crippen LogP contribution in [0.3, 0.4) is 0 Å². The number of rotatable bonds is 0. The quantitative estimate of drug-likeness (QED) is 0.673. The van der Waals surface area contributed by atoms with Gasteiger partial charge in [0.1, 0.15) is 5.78 Å². The molecule has 3 fully saturated rings. The molecule has 0 heterocycles. The van der Waals surface area contributed by atoms with Crippen LogP contribution in [0, 0.1) is 29.1 Å². The second kappa shape index (κ2) is 4.87. The van der Waals surface area contributed by atoms with E-state index in [9.17, 15) is 14.0 Å². The minimum atomic E-state index is -0.342. The molecule has 0 aromatic rings. The van der Waals surface area contributed by atoms with Crippen molar-refractivity contribution in [3.63, 3.8) is 0 Å². The standard InChI is InChI=1S/C19H23FO2/c1-19-9-12(10-20)18-14-5-3-13(21)8-11(14)2-4-15(18)16(19)6-7-17(19)22/h8,10,14-16,18H,2-7,9H2,1H3/t14-,15-,16-,18+,19-/m0/s1. The fourth-order valence-corrected chi connectivity index (χ4v) is 6.00. The molecule has 0 aromatic heterocycles. The number of Topliss-reactive ketones (excluding diaryl/α,β-unsaturated/α-hetero) is 1. The van der Waals surface area contributed by atoms with E-state index in [1.54, 1.807) is 0 Å². The summed E-state index contributed by atoms with van der Waals surface area (Å²) in [7, 11) is 0. The largest absolute Gasteiger partial charge is 0.299 e. The lowest BCUT2D eigenvalue weighted by atomic mass is 9.51. The number of hydrogen-bond donors (Lipinski definition) is 0. The van der Waals surface area contributed by atoms with E-state index in [-0.39, 0.29) is 17.1 Å². The summed E-state index contributed by atoms with van der Waals surface area (Å²) in [6.45, 7) is 2.06. The Morgan fingerprint density at radius 3 is 2.77 bits per heavy atom. The van der Waals surface area contributed by atoms with E-state index in [4.69, 9.17) is 0 Å². The van der Waals surface area contributed by atoms with Gasteiger partial charge in [-0.2, -0.15) is 0 Å². The fraction of sp³-hybridized carbons (Fsp3) is 0.684. The predicted octanol–water partition coefficient (Wildman–Crippen LogP) is 4.16. The molecule has 3 heteroatoms. The first-order valence-electron chi connectivity index (χ1n) is 8.60. The van der Waals surface area contributed by atoms with Crippen LogP contribution in [0.1, 0.15) is 51.9 Å². The zero-order valence-corrected chi connectivity index (χ0v) is 13.1. The Hall–Kier alpha value is -1.25. The summed E-state index contributed by atoms with van der Waals surface area (Å²) in [5.74, 6) is 1.94. The van der Waals surface area contributed by atoms with Gasteiger partial charge < -0.3 is 0 Å². The Morgan fingerprint density at radius 2 is 2.00 bits per heavy atom. The van der Waals surface area contributed by atoms with Gasteiger partial charge in [-0.3, -0.25) is 9.59 Å². The minimum Gasteiger partial charge on any atom is -0.299 e. The van der Waals surface area contributed by atoms with Crippen LogP contribution < -0.4 is 0 Å². The lowest BCUT2D eigenvalue weighted by Gasteiger charge is -2.52. The van der Waals surface area contributed by atoms with E-state index >= 15 is 0 Å². The van der Waals surface area contributed by atoms with Crippen molar-refractivity contribution in [1.82, 2.24) is 0 Å². The third kappa shape index (κ3) is 1.83. The molecular formula is C19H23FO2. The molecule has 0 radical (unpaired) electrons. The van der Waals surface area contributed by atoms with Gasteiger partial charge in [0.05, 0.1) is 6.33 Å². The monoisotopic (exact) mass is 302 g/mol. The van der Waals surface area contributed by atoms with Gasteiger partial charge >= 0.3 is 0 Å². The zero-order chi connectivity index (χ0) is 15.5. The summed E-state index contributed by atoms with van der Waals surface area (Å²) in [4.78, 5) is 24.1. The Bertz CT molecular complexity index is 603. The second-order valence-electron chi connectivity index (χ2n) is 7.91. The van der Waals surface area contributed by atoms with Gasteiger partial charge in [0.25, 0.3) is 0 Å². The van der Waals surface area contributed by atoms with Gasteiger partial charge in [-0.1, -0.05) is 12.5 Å². The van der Waals surface area contributed by atoms with Gasteiger partial charge in [-0.25, -0.2) is 4.39 Å². The summed E-state index contributed by atoms with van der Waals surface area (Å²) in [6.07, 6.45) is 8.25. The number of fused-ring (bicyclic) bond motifs is 5. The summed E-state index contributed by atoms with van der Waals surface area (Å²) in [5.41, 5.74) is 1.74. The highest BCUT2D eigenvalue weighted by Gasteiger charge is 2.57. The molecule has 0 saturated heterocycles. The summed E-state index contributed by atoms with van der Waals surface area (Å²) in [6, 6.07) is 0. The molecule has 3 saturated carbocycles. The Labute approximate surface area is 130 Å². The maximum absolute atomic E-state index is 13.7. The number of carbonyl (C=O) groups excluding carboxylic acids is 2. The van der Waals surface area contributed by atoms with Gasteiger partial charge in [-0.05, 0) is 67.4 Å². The molecule has 4 aliphatic carbocycles. The smallest absolute Gasteiger partial charge is 0.155 e. The minimum absolute atomic E-state index is 0.224. The fourth-order valence-electron chi connectivity index (χ4n) is 6.00. The molecule has 0 N–H and O–H groups in total. The van der Waals surface area contributed by atoms with Crippen molar-refractivity contribution in [3.8, 4) is 0 Å². The molecular weight excluding hydrogens is 279 g/mol. The maximum Gasteiger partial charge on any atom is 0.155 e. The van der Waals surface area contributed by atoms with Crippen LogP contribution in [0.25, 0.3) is 0 Å². The van der Waals surface area contributed by atoms with Gasteiger partial charge in [0.15, 0.2) is 5.78 Å². The van der Waals surface area contributed by atoms with Crippen LogP contribution in [-0.4, -0.2) is 11.6 Å². The highest BCUT2D eigenvalue weighted by atomic mass is 19.1. The highest BCUT2D eigenvalue weighted by Crippen LogP contribution is 2.62. The molecule has 4 aliphatic rings. The molecule has 5 atom stereocenters. The molecule has 0 bridgehead atoms. The first-order chi connectivity index (χ1) is 10.5. The number of ketones is 2. The normalized spacial score (nSPS) is 46.1. The van der Waals surface area contributed by atoms with Gasteiger partial charge in [-0.15, -0.1) is 0 Å². The van der Waals surface area contributed by atoms with Crippen LogP contribution in [0.4, 0.5) is 4.39 Å². The Morgan fingerprint density at radius 1 is 1.18 bits per heavy atom. The summed E-state index contributed by atoms with van der Waals surface area (Å²) < 4.78 is 13.7. The van der Waals surface area contributed by atoms with Crippen LogP contribution in [0.15, 0.2) is 23.6 Å². The van der Waals surface area contributed by atoms with Gasteiger partial charge in [0.2, 0.25) is 0 Å². The van der Waals surface area contributed by atoms with Gasteiger partial charge in [0, 0.05) is 18.3 Å². The second-order valence-corrected chi connectivity index (χ2v) is 7.91. The van der Waals surface area contributed by atoms with Crippen molar-refractivity contribution in [3.05, 3.63) is 23.6 Å². The predicted molar refractivity (Wildman–Crippen MR) is 81.7 cm³/mol. The molecule has 0 unspecified atom stereocenters. The van der Waals surface area contributed by atoms with E-state index in [0.717, 1.165) is 37.6 Å². The van der Waals surface area contributed by atoms with Crippen molar-refractivity contribution in [2.45, 2.75) is 51.9 Å². The number of hydrogen-bond acceptors (Lipinski definition) is 2. The zero-order valence-electron chi connectivity index (χ0n) is 13.1. The molecule has 4 rings (SSSR count). The average molecular weight is 302 g/mol. The van der Waals surface area contributed by atoms with Crippen molar-refractivity contribution in [1.29, 1.82) is 0 Å². The molecule has 0 amide bonds. The highest BCUT2D eigenvalue weighted by molar-refractivity contribution is 5.91. The van der Waals surface area contributed by atoms with E-state index in [0.29, 0.717) is 42.8 Å². The van der Waals surface area contributed by atoms with Crippen LogP contribution in [0.2, 0.25) is 0 Å². The van der Waals surface area contributed by atoms with Crippen molar-refractivity contribution in [2.75, 3.05) is 0 Å². The van der Waals surface area contributed by atoms with Crippen molar-refractivity contribution < 1.29 is 14.0 Å². The average Bonchev–Trinajstić information content (AvgIpc) is 2.81. The molecule has 0 aromatic carbocycles. The SMILES string of the molecule is C[C@]12CC(=CF)[C@H]3[C@@H](CCC4=CC(=O)CC[C@@H]43)[C@@H]1CCC2=O. The third-order valence-electron chi connectivity index (χ3n) is 6.98. The Kier molecular flexibility index (Phi) is 3.18.